The molecule has 22 heavy (non-hydrogen) atoms. The maximum Gasteiger partial charge on any atom is 0.153 e. The van der Waals surface area contributed by atoms with E-state index in [0.717, 1.165) is 0 Å². The van der Waals surface area contributed by atoms with Gasteiger partial charge in [-0.1, -0.05) is 63.4 Å². The molecule has 0 saturated carbocycles. The van der Waals surface area contributed by atoms with Crippen LogP contribution in [0.25, 0.3) is 0 Å². The Bertz CT molecular complexity index is 590. The van der Waals surface area contributed by atoms with E-state index in [-0.39, 0.29) is 5.56 Å². The van der Waals surface area contributed by atoms with E-state index >= 15 is 0 Å². The quantitative estimate of drug-likeness (QED) is 0.356. The van der Waals surface area contributed by atoms with Gasteiger partial charge in [-0.3, -0.25) is 4.79 Å². The topological polar surface area (TPSA) is 17.1 Å². The van der Waals surface area contributed by atoms with Crippen LogP contribution in [-0.2, 0) is 0 Å². The zero-order valence-electron chi connectivity index (χ0n) is 14.1. The van der Waals surface area contributed by atoms with Gasteiger partial charge in [0.25, 0.3) is 0 Å². The van der Waals surface area contributed by atoms with E-state index in [1.807, 2.05) is 0 Å². The summed E-state index contributed by atoms with van der Waals surface area (Å²) in [6.45, 7) is 13.3. The second-order valence-electron chi connectivity index (χ2n) is 6.62. The van der Waals surface area contributed by atoms with Gasteiger partial charge in [0, 0.05) is 4.47 Å². The standard InChI is InChI=1S/C18H24BrFOSi/c1-12(2)22(13(3)4,14(5)6)8-7-15-9-17(19)10-16(11-21)18(15)20/h9-14H,1-6H3. The van der Waals surface area contributed by atoms with Gasteiger partial charge in [-0.25, -0.2) is 4.39 Å². The molecule has 1 nitrogen and oxygen atoms in total. The highest BCUT2D eigenvalue weighted by atomic mass is 79.9. The molecular weight excluding hydrogens is 359 g/mol. The molecule has 0 bridgehead atoms. The van der Waals surface area contributed by atoms with Crippen LogP contribution in [0, 0.1) is 17.3 Å². The van der Waals surface area contributed by atoms with Gasteiger partial charge in [0.2, 0.25) is 0 Å². The van der Waals surface area contributed by atoms with E-state index in [2.05, 4.69) is 68.9 Å². The number of carbonyl (C=O) groups excluding carboxylic acids is 1. The van der Waals surface area contributed by atoms with Crippen molar-refractivity contribution >= 4 is 30.3 Å². The predicted molar refractivity (Wildman–Crippen MR) is 97.4 cm³/mol. The summed E-state index contributed by atoms with van der Waals surface area (Å²) in [7, 11) is -1.91. The lowest BCUT2D eigenvalue weighted by atomic mass is 10.1. The second kappa shape index (κ2) is 7.57. The van der Waals surface area contributed by atoms with Crippen molar-refractivity contribution < 1.29 is 9.18 Å². The Morgan fingerprint density at radius 1 is 1.09 bits per heavy atom. The molecule has 0 fully saturated rings. The minimum absolute atomic E-state index is 0.0459. The molecule has 0 heterocycles. The molecule has 1 aromatic carbocycles. The number of benzene rings is 1. The van der Waals surface area contributed by atoms with Crippen LogP contribution in [0.3, 0.4) is 0 Å². The first-order chi connectivity index (χ1) is 10.2. The highest BCUT2D eigenvalue weighted by molar-refractivity contribution is 9.10. The summed E-state index contributed by atoms with van der Waals surface area (Å²) in [4.78, 5) is 11.0. The third-order valence-electron chi connectivity index (χ3n) is 4.47. The molecule has 0 N–H and O–H groups in total. The molecule has 1 rings (SSSR count). The van der Waals surface area contributed by atoms with Crippen molar-refractivity contribution in [2.75, 3.05) is 0 Å². The highest BCUT2D eigenvalue weighted by Crippen LogP contribution is 2.40. The molecule has 0 aromatic heterocycles. The van der Waals surface area contributed by atoms with E-state index in [0.29, 0.717) is 32.9 Å². The maximum atomic E-state index is 14.3. The van der Waals surface area contributed by atoms with Crippen molar-refractivity contribution in [3.8, 4) is 11.5 Å². The van der Waals surface area contributed by atoms with Crippen molar-refractivity contribution in [2.45, 2.75) is 58.2 Å². The number of hydrogen-bond acceptors (Lipinski definition) is 1. The van der Waals surface area contributed by atoms with E-state index in [9.17, 15) is 9.18 Å². The van der Waals surface area contributed by atoms with Gasteiger partial charge >= 0.3 is 0 Å². The number of rotatable bonds is 4. The molecule has 0 aliphatic heterocycles. The highest BCUT2D eigenvalue weighted by Gasteiger charge is 2.41. The number of hydrogen-bond donors (Lipinski definition) is 0. The molecule has 1 aromatic rings. The van der Waals surface area contributed by atoms with Crippen LogP contribution in [0.2, 0.25) is 16.6 Å². The molecule has 4 heteroatoms. The van der Waals surface area contributed by atoms with Gasteiger partial charge in [-0.15, -0.1) is 5.54 Å². The molecule has 0 aliphatic rings. The summed E-state index contributed by atoms with van der Waals surface area (Å²) in [5.41, 5.74) is 5.29. The van der Waals surface area contributed by atoms with Crippen molar-refractivity contribution in [1.29, 1.82) is 0 Å². The van der Waals surface area contributed by atoms with E-state index < -0.39 is 13.9 Å². The largest absolute Gasteiger partial charge is 0.298 e. The van der Waals surface area contributed by atoms with Gasteiger partial charge in [0.15, 0.2) is 6.29 Å². The smallest absolute Gasteiger partial charge is 0.153 e. The van der Waals surface area contributed by atoms with E-state index in [1.54, 1.807) is 6.07 Å². The molecule has 0 aliphatic carbocycles. The molecule has 0 amide bonds. The zero-order valence-corrected chi connectivity index (χ0v) is 16.7. The van der Waals surface area contributed by atoms with Crippen LogP contribution in [0.15, 0.2) is 16.6 Å². The van der Waals surface area contributed by atoms with Crippen LogP contribution in [0.5, 0.6) is 0 Å². The van der Waals surface area contributed by atoms with E-state index in [4.69, 9.17) is 0 Å². The first-order valence-corrected chi connectivity index (χ1v) is 10.7. The molecular formula is C18H24BrFOSi. The van der Waals surface area contributed by atoms with Crippen LogP contribution in [0.4, 0.5) is 4.39 Å². The van der Waals surface area contributed by atoms with Gasteiger partial charge in [0.05, 0.1) is 11.1 Å². The first kappa shape index (κ1) is 19.1. The molecule has 0 spiro atoms. The summed E-state index contributed by atoms with van der Waals surface area (Å²) >= 11 is 3.31. The van der Waals surface area contributed by atoms with Crippen molar-refractivity contribution in [3.05, 3.63) is 33.5 Å². The number of aldehydes is 1. The fourth-order valence-corrected chi connectivity index (χ4v) is 9.09. The van der Waals surface area contributed by atoms with Crippen LogP contribution in [0.1, 0.15) is 57.5 Å². The third-order valence-corrected chi connectivity index (χ3v) is 11.2. The minimum atomic E-state index is -1.91. The van der Waals surface area contributed by atoms with Gasteiger partial charge < -0.3 is 0 Å². The molecule has 0 saturated heterocycles. The fourth-order valence-electron chi connectivity index (χ4n) is 3.40. The lowest BCUT2D eigenvalue weighted by molar-refractivity contribution is 0.111. The van der Waals surface area contributed by atoms with Crippen molar-refractivity contribution in [2.24, 2.45) is 0 Å². The first-order valence-electron chi connectivity index (χ1n) is 7.64. The van der Waals surface area contributed by atoms with Crippen molar-refractivity contribution in [1.82, 2.24) is 0 Å². The van der Waals surface area contributed by atoms with Gasteiger partial charge in [0.1, 0.15) is 13.9 Å². The van der Waals surface area contributed by atoms with E-state index in [1.165, 1.54) is 6.07 Å². The Morgan fingerprint density at radius 2 is 1.59 bits per heavy atom. The summed E-state index contributed by atoms with van der Waals surface area (Å²) in [5.74, 6) is 2.54. The Morgan fingerprint density at radius 3 is 2.00 bits per heavy atom. The van der Waals surface area contributed by atoms with Crippen LogP contribution in [-0.4, -0.2) is 14.4 Å². The molecule has 0 atom stereocenters. The SMILES string of the molecule is CC(C)[Si](C#Cc1cc(Br)cc(C=O)c1F)(C(C)C)C(C)C. The van der Waals surface area contributed by atoms with Crippen LogP contribution >= 0.6 is 15.9 Å². The number of halogens is 2. The second-order valence-corrected chi connectivity index (χ2v) is 13.1. The summed E-state index contributed by atoms with van der Waals surface area (Å²) in [6, 6.07) is 3.13. The Balaban J connectivity index is 3.48. The van der Waals surface area contributed by atoms with Gasteiger partial charge in [-0.05, 0) is 28.8 Å². The summed E-state index contributed by atoms with van der Waals surface area (Å²) in [5, 5.41) is 0. The molecule has 0 unspecified atom stereocenters. The average molecular weight is 383 g/mol. The summed E-state index contributed by atoms with van der Waals surface area (Å²) < 4.78 is 15.0. The van der Waals surface area contributed by atoms with Crippen LogP contribution < -0.4 is 0 Å². The average Bonchev–Trinajstić information content (AvgIpc) is 2.41. The molecule has 120 valence electrons. The fraction of sp³-hybridized carbons (Fsp3) is 0.500. The van der Waals surface area contributed by atoms with Gasteiger partial charge in [-0.2, -0.15) is 0 Å². The third kappa shape index (κ3) is 3.69. The Kier molecular flexibility index (Phi) is 6.58. The zero-order chi connectivity index (χ0) is 17.1. The lowest BCUT2D eigenvalue weighted by Gasteiger charge is -2.38. The normalized spacial score (nSPS) is 11.8. The lowest BCUT2D eigenvalue weighted by Crippen LogP contribution is -2.43. The number of carbonyl (C=O) groups is 1. The Labute approximate surface area is 142 Å². The minimum Gasteiger partial charge on any atom is -0.298 e. The molecule has 0 radical (unpaired) electrons. The van der Waals surface area contributed by atoms with Crippen molar-refractivity contribution in [3.63, 3.8) is 0 Å². The predicted octanol–water partition coefficient (Wildman–Crippen LogP) is 5.97. The maximum absolute atomic E-state index is 14.3. The monoisotopic (exact) mass is 382 g/mol. The Hall–Kier alpha value is -0.923. The summed E-state index contributed by atoms with van der Waals surface area (Å²) in [6.07, 6.45) is 0.531.